The number of fused-ring (bicyclic) bond motifs is 1. The molecular formula is C21H37N5OS. The number of guanidine groups is 1. The second-order valence-corrected chi connectivity index (χ2v) is 8.40. The maximum absolute atomic E-state index is 12.5. The van der Waals surface area contributed by atoms with Gasteiger partial charge >= 0.3 is 0 Å². The van der Waals surface area contributed by atoms with Gasteiger partial charge in [-0.25, -0.2) is 0 Å². The van der Waals surface area contributed by atoms with Crippen molar-refractivity contribution in [3.63, 3.8) is 0 Å². The molecular weight excluding hydrogens is 370 g/mol. The highest BCUT2D eigenvalue weighted by atomic mass is 32.1. The number of rotatable bonds is 10. The molecule has 6 nitrogen and oxygen atoms in total. The molecule has 158 valence electrons. The van der Waals surface area contributed by atoms with Crippen LogP contribution in [0, 0.1) is 0 Å². The molecule has 1 aromatic heterocycles. The first-order chi connectivity index (χ1) is 13.6. The van der Waals surface area contributed by atoms with Gasteiger partial charge in [0.05, 0.1) is 0 Å². The zero-order valence-corrected chi connectivity index (χ0v) is 18.8. The summed E-state index contributed by atoms with van der Waals surface area (Å²) in [5.41, 5.74) is 1.31. The monoisotopic (exact) mass is 407 g/mol. The van der Waals surface area contributed by atoms with E-state index in [2.05, 4.69) is 52.7 Å². The van der Waals surface area contributed by atoms with E-state index in [0.29, 0.717) is 19.0 Å². The lowest BCUT2D eigenvalue weighted by Crippen LogP contribution is -2.44. The Labute approximate surface area is 174 Å². The highest BCUT2D eigenvalue weighted by Crippen LogP contribution is 2.24. The van der Waals surface area contributed by atoms with Gasteiger partial charge in [-0.05, 0) is 62.8 Å². The largest absolute Gasteiger partial charge is 0.356 e. The Bertz CT molecular complexity index is 626. The molecule has 2 heterocycles. The van der Waals surface area contributed by atoms with Crippen LogP contribution in [0.1, 0.15) is 50.5 Å². The minimum Gasteiger partial charge on any atom is -0.356 e. The molecule has 2 N–H and O–H groups in total. The van der Waals surface area contributed by atoms with Crippen LogP contribution in [0.3, 0.4) is 0 Å². The van der Waals surface area contributed by atoms with Gasteiger partial charge in [0.2, 0.25) is 5.91 Å². The van der Waals surface area contributed by atoms with Crippen molar-refractivity contribution in [1.82, 2.24) is 20.4 Å². The number of carbonyl (C=O) groups excluding carboxylic acids is 1. The maximum Gasteiger partial charge on any atom is 0.224 e. The Balaban J connectivity index is 1.64. The first-order valence-electron chi connectivity index (χ1n) is 10.6. The molecule has 0 saturated carbocycles. The van der Waals surface area contributed by atoms with Crippen molar-refractivity contribution in [2.45, 2.75) is 59.0 Å². The predicted molar refractivity (Wildman–Crippen MR) is 119 cm³/mol. The van der Waals surface area contributed by atoms with Gasteiger partial charge in [0.15, 0.2) is 5.96 Å². The molecule has 1 aromatic rings. The van der Waals surface area contributed by atoms with E-state index >= 15 is 0 Å². The number of hydrogen-bond donors (Lipinski definition) is 2. The number of nitrogens with zero attached hydrogens (tertiary/aromatic N) is 3. The molecule has 1 atom stereocenters. The topological polar surface area (TPSA) is 60.0 Å². The minimum absolute atomic E-state index is 0.215. The van der Waals surface area contributed by atoms with E-state index in [-0.39, 0.29) is 5.91 Å². The van der Waals surface area contributed by atoms with Gasteiger partial charge in [-0.15, -0.1) is 11.3 Å². The minimum atomic E-state index is 0.215. The van der Waals surface area contributed by atoms with E-state index in [9.17, 15) is 4.79 Å². The summed E-state index contributed by atoms with van der Waals surface area (Å²) < 4.78 is 0. The van der Waals surface area contributed by atoms with Crippen LogP contribution in [-0.4, -0.2) is 67.5 Å². The zero-order valence-electron chi connectivity index (χ0n) is 18.0. The molecule has 1 unspecified atom stereocenters. The third-order valence-corrected chi connectivity index (χ3v) is 6.43. The van der Waals surface area contributed by atoms with Gasteiger partial charge in [0.1, 0.15) is 0 Å². The Morgan fingerprint density at radius 3 is 2.89 bits per heavy atom. The molecule has 28 heavy (non-hydrogen) atoms. The molecule has 1 amide bonds. The van der Waals surface area contributed by atoms with Crippen LogP contribution >= 0.6 is 11.3 Å². The van der Waals surface area contributed by atoms with Crippen molar-refractivity contribution in [1.29, 1.82) is 0 Å². The number of hydrogen-bond acceptors (Lipinski definition) is 4. The third-order valence-electron chi connectivity index (χ3n) is 5.40. The van der Waals surface area contributed by atoms with Crippen molar-refractivity contribution < 1.29 is 4.79 Å². The zero-order chi connectivity index (χ0) is 20.4. The van der Waals surface area contributed by atoms with E-state index in [1.165, 1.54) is 16.9 Å². The summed E-state index contributed by atoms with van der Waals surface area (Å²) in [7, 11) is 1.78. The van der Waals surface area contributed by atoms with E-state index in [1.54, 1.807) is 18.4 Å². The first kappa shape index (κ1) is 22.7. The van der Waals surface area contributed by atoms with Crippen molar-refractivity contribution in [2.75, 3.05) is 39.8 Å². The fraction of sp³-hybridized carbons (Fsp3) is 0.714. The van der Waals surface area contributed by atoms with Crippen LogP contribution < -0.4 is 10.6 Å². The van der Waals surface area contributed by atoms with Crippen LogP contribution in [0.4, 0.5) is 0 Å². The molecule has 1 aliphatic heterocycles. The lowest BCUT2D eigenvalue weighted by molar-refractivity contribution is -0.131. The Morgan fingerprint density at radius 1 is 1.39 bits per heavy atom. The summed E-state index contributed by atoms with van der Waals surface area (Å²) >= 11 is 1.80. The standard InChI is InChI=1S/C21H37N5OS/c1-5-25(6-2)13-7-8-17(3)24-21(22-4)23-12-9-20(27)26-14-10-19-18(16-26)11-15-28-19/h11,15,17H,5-10,12-14,16H2,1-4H3,(H2,22,23,24). The smallest absolute Gasteiger partial charge is 0.224 e. The summed E-state index contributed by atoms with van der Waals surface area (Å²) in [4.78, 5) is 22.7. The van der Waals surface area contributed by atoms with Gasteiger partial charge < -0.3 is 20.4 Å². The van der Waals surface area contributed by atoms with E-state index in [4.69, 9.17) is 0 Å². The number of thiophene rings is 1. The molecule has 1 aliphatic rings. The van der Waals surface area contributed by atoms with Crippen molar-refractivity contribution >= 4 is 23.2 Å². The predicted octanol–water partition coefficient (Wildman–Crippen LogP) is 2.70. The van der Waals surface area contributed by atoms with Crippen molar-refractivity contribution in [2.24, 2.45) is 4.99 Å². The molecule has 0 saturated heterocycles. The van der Waals surface area contributed by atoms with E-state index in [0.717, 1.165) is 51.5 Å². The van der Waals surface area contributed by atoms with Crippen molar-refractivity contribution in [3.05, 3.63) is 21.9 Å². The molecule has 0 fully saturated rings. The Kier molecular flexibility index (Phi) is 9.78. The van der Waals surface area contributed by atoms with Crippen molar-refractivity contribution in [3.8, 4) is 0 Å². The SMILES string of the molecule is CCN(CC)CCCC(C)NC(=NC)NCCC(=O)N1CCc2sccc2C1. The van der Waals surface area contributed by atoms with Crippen LogP contribution in [0.25, 0.3) is 0 Å². The summed E-state index contributed by atoms with van der Waals surface area (Å²) in [5.74, 6) is 0.994. The lowest BCUT2D eigenvalue weighted by atomic mass is 10.1. The Hall–Kier alpha value is -1.60. The first-order valence-corrected chi connectivity index (χ1v) is 11.5. The average molecular weight is 408 g/mol. The number of carbonyl (C=O) groups is 1. The normalized spacial score (nSPS) is 15.5. The number of amides is 1. The third kappa shape index (κ3) is 7.09. The van der Waals surface area contributed by atoms with Gasteiger partial charge in [0, 0.05) is 44.0 Å². The van der Waals surface area contributed by atoms with Gasteiger partial charge in [-0.2, -0.15) is 0 Å². The quantitative estimate of drug-likeness (QED) is 0.462. The fourth-order valence-corrected chi connectivity index (χ4v) is 4.46. The molecule has 0 spiro atoms. The summed E-state index contributed by atoms with van der Waals surface area (Å²) in [5, 5.41) is 8.85. The molecule has 0 aliphatic carbocycles. The van der Waals surface area contributed by atoms with Gasteiger partial charge in [0.25, 0.3) is 0 Å². The molecule has 2 rings (SSSR count). The Morgan fingerprint density at radius 2 is 2.18 bits per heavy atom. The second-order valence-electron chi connectivity index (χ2n) is 7.40. The summed E-state index contributed by atoms with van der Waals surface area (Å²) in [6, 6.07) is 2.50. The second kappa shape index (κ2) is 12.1. The number of aliphatic imine (C=N–C) groups is 1. The molecule has 0 aromatic carbocycles. The van der Waals surface area contributed by atoms with Crippen LogP contribution in [0.2, 0.25) is 0 Å². The van der Waals surface area contributed by atoms with Gasteiger partial charge in [-0.1, -0.05) is 13.8 Å². The van der Waals surface area contributed by atoms with Gasteiger partial charge in [-0.3, -0.25) is 9.79 Å². The number of nitrogens with one attached hydrogen (secondary N) is 2. The van der Waals surface area contributed by atoms with Crippen LogP contribution in [-0.2, 0) is 17.8 Å². The highest BCUT2D eigenvalue weighted by molar-refractivity contribution is 7.10. The maximum atomic E-state index is 12.5. The summed E-state index contributed by atoms with van der Waals surface area (Å²) in [6.07, 6.45) is 3.76. The molecule has 0 bridgehead atoms. The van der Waals surface area contributed by atoms with Crippen LogP contribution in [0.5, 0.6) is 0 Å². The van der Waals surface area contributed by atoms with Crippen LogP contribution in [0.15, 0.2) is 16.4 Å². The highest BCUT2D eigenvalue weighted by Gasteiger charge is 2.21. The fourth-order valence-electron chi connectivity index (χ4n) is 3.57. The van der Waals surface area contributed by atoms with E-state index in [1.807, 2.05) is 4.90 Å². The molecule has 0 radical (unpaired) electrons. The molecule has 7 heteroatoms. The average Bonchev–Trinajstić information content (AvgIpc) is 3.18. The van der Waals surface area contributed by atoms with E-state index < -0.39 is 0 Å². The lowest BCUT2D eigenvalue weighted by Gasteiger charge is -2.27. The summed E-state index contributed by atoms with van der Waals surface area (Å²) in [6.45, 7) is 12.2.